The third kappa shape index (κ3) is 6.36. The van der Waals surface area contributed by atoms with Gasteiger partial charge in [0, 0.05) is 30.5 Å². The van der Waals surface area contributed by atoms with E-state index in [1.54, 1.807) is 24.3 Å². The average Bonchev–Trinajstić information content (AvgIpc) is 2.68. The summed E-state index contributed by atoms with van der Waals surface area (Å²) in [4.78, 5) is 20.8. The molecule has 0 aliphatic heterocycles. The molecule has 1 aromatic heterocycles. The Morgan fingerprint density at radius 3 is 2.52 bits per heavy atom. The van der Waals surface area contributed by atoms with Crippen LogP contribution in [-0.4, -0.2) is 29.1 Å². The first-order chi connectivity index (χ1) is 14.0. The topological polar surface area (TPSA) is 91.0 Å². The second-order valence-electron chi connectivity index (χ2n) is 6.50. The van der Waals surface area contributed by atoms with Gasteiger partial charge in [-0.1, -0.05) is 41.4 Å². The van der Waals surface area contributed by atoms with Crippen LogP contribution >= 0.6 is 11.6 Å². The second kappa shape index (κ2) is 9.75. The molecular weight excluding hydrogens is 388 g/mol. The van der Waals surface area contributed by atoms with Gasteiger partial charge in [0.05, 0.1) is 10.7 Å². The molecule has 7 nitrogen and oxygen atoms in total. The molecule has 0 aliphatic rings. The number of nitrogens with zero attached hydrogens (tertiary/aromatic N) is 2. The highest BCUT2D eigenvalue weighted by Gasteiger charge is 2.05. The molecule has 0 saturated heterocycles. The fourth-order valence-corrected chi connectivity index (χ4v) is 2.76. The van der Waals surface area contributed by atoms with Crippen molar-refractivity contribution in [1.29, 1.82) is 0 Å². The number of urea groups is 1. The molecule has 0 spiro atoms. The highest BCUT2D eigenvalue weighted by atomic mass is 35.5. The van der Waals surface area contributed by atoms with E-state index < -0.39 is 0 Å². The number of halogens is 1. The van der Waals surface area contributed by atoms with Crippen molar-refractivity contribution in [1.82, 2.24) is 15.3 Å². The van der Waals surface area contributed by atoms with Gasteiger partial charge in [-0.2, -0.15) is 4.98 Å². The third-order valence-corrected chi connectivity index (χ3v) is 4.32. The van der Waals surface area contributed by atoms with Crippen LogP contribution in [0.3, 0.4) is 0 Å². The summed E-state index contributed by atoms with van der Waals surface area (Å²) in [6.45, 7) is 4.82. The Balaban J connectivity index is 1.49. The van der Waals surface area contributed by atoms with Gasteiger partial charge in [0.15, 0.2) is 0 Å². The third-order valence-electron chi connectivity index (χ3n) is 3.99. The lowest BCUT2D eigenvalue weighted by molar-refractivity contribution is 0.252. The highest BCUT2D eigenvalue weighted by Crippen LogP contribution is 2.20. The predicted molar refractivity (Wildman–Crippen MR) is 118 cm³/mol. The van der Waals surface area contributed by atoms with Crippen LogP contribution in [0.25, 0.3) is 0 Å². The lowest BCUT2D eigenvalue weighted by Gasteiger charge is -2.11. The summed E-state index contributed by atoms with van der Waals surface area (Å²) in [5.74, 6) is 1.20. The molecule has 8 heteroatoms. The quantitative estimate of drug-likeness (QED) is 0.423. The smallest absolute Gasteiger partial charge is 0.319 e. The van der Waals surface area contributed by atoms with Crippen LogP contribution in [0.4, 0.5) is 27.9 Å². The second-order valence-corrected chi connectivity index (χ2v) is 6.90. The van der Waals surface area contributed by atoms with Crippen LogP contribution < -0.4 is 21.3 Å². The van der Waals surface area contributed by atoms with E-state index in [4.69, 9.17) is 11.6 Å². The standard InChI is InChI=1S/C21H23ClN6O/c1-14-7-9-16(10-8-14)26-19-13-15(2)25-20(28-19)23-11-12-24-21(29)27-18-6-4-3-5-17(18)22/h3-10,13H,11-12H2,1-2H3,(H2,24,27,29)(H2,23,25,26,28). The molecule has 0 radical (unpaired) electrons. The lowest BCUT2D eigenvalue weighted by atomic mass is 10.2. The Bertz CT molecular complexity index is 977. The van der Waals surface area contributed by atoms with Gasteiger partial charge < -0.3 is 21.3 Å². The summed E-state index contributed by atoms with van der Waals surface area (Å²) in [5, 5.41) is 12.3. The van der Waals surface area contributed by atoms with Gasteiger partial charge in [-0.05, 0) is 38.1 Å². The van der Waals surface area contributed by atoms with E-state index in [2.05, 4.69) is 31.2 Å². The van der Waals surface area contributed by atoms with E-state index in [9.17, 15) is 4.79 Å². The van der Waals surface area contributed by atoms with E-state index in [-0.39, 0.29) is 6.03 Å². The van der Waals surface area contributed by atoms with Crippen molar-refractivity contribution in [2.45, 2.75) is 13.8 Å². The summed E-state index contributed by atoms with van der Waals surface area (Å²) >= 11 is 6.03. The highest BCUT2D eigenvalue weighted by molar-refractivity contribution is 6.33. The number of benzene rings is 2. The molecule has 0 atom stereocenters. The van der Waals surface area contributed by atoms with Gasteiger partial charge in [-0.25, -0.2) is 9.78 Å². The maximum Gasteiger partial charge on any atom is 0.319 e. The molecule has 1 heterocycles. The number of carbonyl (C=O) groups is 1. The molecule has 3 aromatic rings. The largest absolute Gasteiger partial charge is 0.352 e. The van der Waals surface area contributed by atoms with Crippen molar-refractivity contribution in [2.75, 3.05) is 29.0 Å². The zero-order valence-electron chi connectivity index (χ0n) is 16.3. The predicted octanol–water partition coefficient (Wildman–Crippen LogP) is 4.72. The van der Waals surface area contributed by atoms with E-state index in [0.717, 1.165) is 11.4 Å². The van der Waals surface area contributed by atoms with Crippen LogP contribution in [0.1, 0.15) is 11.3 Å². The number of carbonyl (C=O) groups excluding carboxylic acids is 1. The molecule has 0 bridgehead atoms. The fourth-order valence-electron chi connectivity index (χ4n) is 2.58. The summed E-state index contributed by atoms with van der Waals surface area (Å²) in [5.41, 5.74) is 3.55. The Morgan fingerprint density at radius 2 is 1.76 bits per heavy atom. The van der Waals surface area contributed by atoms with Crippen molar-refractivity contribution in [2.24, 2.45) is 0 Å². The first-order valence-electron chi connectivity index (χ1n) is 9.22. The lowest BCUT2D eigenvalue weighted by Crippen LogP contribution is -2.32. The van der Waals surface area contributed by atoms with Crippen molar-refractivity contribution < 1.29 is 4.79 Å². The molecule has 4 N–H and O–H groups in total. The van der Waals surface area contributed by atoms with E-state index in [0.29, 0.717) is 35.6 Å². The average molecular weight is 411 g/mol. The van der Waals surface area contributed by atoms with Gasteiger partial charge in [0.2, 0.25) is 5.95 Å². The number of amides is 2. The summed E-state index contributed by atoms with van der Waals surface area (Å²) in [6, 6.07) is 16.7. The molecule has 150 valence electrons. The van der Waals surface area contributed by atoms with Crippen LogP contribution in [0.2, 0.25) is 5.02 Å². The zero-order chi connectivity index (χ0) is 20.6. The zero-order valence-corrected chi connectivity index (χ0v) is 17.0. The van der Waals surface area contributed by atoms with E-state index in [1.165, 1.54) is 5.56 Å². The first-order valence-corrected chi connectivity index (χ1v) is 9.60. The van der Waals surface area contributed by atoms with Crippen LogP contribution in [0.5, 0.6) is 0 Å². The SMILES string of the molecule is Cc1ccc(Nc2cc(C)nc(NCCNC(=O)Nc3ccccc3Cl)n2)cc1. The molecule has 2 aromatic carbocycles. The van der Waals surface area contributed by atoms with Gasteiger partial charge in [0.25, 0.3) is 0 Å². The number of nitrogens with one attached hydrogen (secondary N) is 4. The van der Waals surface area contributed by atoms with Crippen molar-refractivity contribution in [3.8, 4) is 0 Å². The molecule has 0 fully saturated rings. The number of rotatable bonds is 7. The summed E-state index contributed by atoms with van der Waals surface area (Å²) < 4.78 is 0. The Labute approximate surface area is 174 Å². The first kappa shape index (κ1) is 20.4. The molecule has 29 heavy (non-hydrogen) atoms. The molecular formula is C21H23ClN6O. The number of anilines is 4. The maximum atomic E-state index is 12.0. The Kier molecular flexibility index (Phi) is 6.86. The minimum absolute atomic E-state index is 0.327. The van der Waals surface area contributed by atoms with Crippen LogP contribution in [0.15, 0.2) is 54.6 Å². The minimum atomic E-state index is -0.327. The number of hydrogen-bond acceptors (Lipinski definition) is 5. The van der Waals surface area contributed by atoms with Crippen molar-refractivity contribution in [3.63, 3.8) is 0 Å². The number of hydrogen-bond donors (Lipinski definition) is 4. The van der Waals surface area contributed by atoms with Crippen molar-refractivity contribution >= 4 is 40.8 Å². The normalized spacial score (nSPS) is 10.3. The number of para-hydroxylation sites is 1. The van der Waals surface area contributed by atoms with Gasteiger partial charge in [-0.15, -0.1) is 0 Å². The Morgan fingerprint density at radius 1 is 1.00 bits per heavy atom. The molecule has 3 rings (SSSR count). The minimum Gasteiger partial charge on any atom is -0.352 e. The Hall–Kier alpha value is -3.32. The van der Waals surface area contributed by atoms with Crippen LogP contribution in [-0.2, 0) is 0 Å². The maximum absolute atomic E-state index is 12.0. The molecule has 0 saturated carbocycles. The van der Waals surface area contributed by atoms with Gasteiger partial charge in [-0.3, -0.25) is 0 Å². The van der Waals surface area contributed by atoms with Gasteiger partial charge in [0.1, 0.15) is 5.82 Å². The van der Waals surface area contributed by atoms with E-state index >= 15 is 0 Å². The van der Waals surface area contributed by atoms with Crippen molar-refractivity contribution in [3.05, 3.63) is 70.9 Å². The van der Waals surface area contributed by atoms with Crippen LogP contribution in [0, 0.1) is 13.8 Å². The molecule has 0 unspecified atom stereocenters. The van der Waals surface area contributed by atoms with E-state index in [1.807, 2.05) is 44.2 Å². The number of aryl methyl sites for hydroxylation is 2. The molecule has 0 aliphatic carbocycles. The fraction of sp³-hybridized carbons (Fsp3) is 0.190. The van der Waals surface area contributed by atoms with Gasteiger partial charge >= 0.3 is 6.03 Å². The number of aromatic nitrogens is 2. The summed E-state index contributed by atoms with van der Waals surface area (Å²) in [6.07, 6.45) is 0. The summed E-state index contributed by atoms with van der Waals surface area (Å²) in [7, 11) is 0. The monoisotopic (exact) mass is 410 g/mol. The molecule has 2 amide bonds.